The van der Waals surface area contributed by atoms with Gasteiger partial charge in [-0.25, -0.2) is 18.1 Å². The van der Waals surface area contributed by atoms with Crippen molar-refractivity contribution in [3.8, 4) is 0 Å². The lowest BCUT2D eigenvalue weighted by molar-refractivity contribution is 0.270. The molecule has 1 N–H and O–H groups in total. The average Bonchev–Trinajstić information content (AvgIpc) is 3.08. The molecule has 2 aromatic heterocycles. The number of hydrogen-bond acceptors (Lipinski definition) is 6. The van der Waals surface area contributed by atoms with Gasteiger partial charge in [-0.2, -0.15) is 0 Å². The molecule has 0 saturated carbocycles. The zero-order valence-electron chi connectivity index (χ0n) is 14.6. The lowest BCUT2D eigenvalue weighted by Gasteiger charge is -2.34. The molecule has 1 fully saturated rings. The smallest absolute Gasteiger partial charge is 0.250 e. The first-order valence-corrected chi connectivity index (χ1v) is 10.8. The molecule has 1 aliphatic rings. The highest BCUT2D eigenvalue weighted by atomic mass is 32.2. The van der Waals surface area contributed by atoms with Gasteiger partial charge in [-0.1, -0.05) is 13.0 Å². The van der Waals surface area contributed by atoms with E-state index in [1.54, 1.807) is 12.3 Å². The van der Waals surface area contributed by atoms with Gasteiger partial charge in [0.15, 0.2) is 0 Å². The van der Waals surface area contributed by atoms with Crippen molar-refractivity contribution in [1.82, 2.24) is 14.6 Å². The highest BCUT2D eigenvalue weighted by Gasteiger charge is 2.18. The Balaban J connectivity index is 1.58. The molecule has 0 atom stereocenters. The monoisotopic (exact) mass is 380 g/mol. The number of rotatable bonds is 6. The predicted molar refractivity (Wildman–Crippen MR) is 102 cm³/mol. The molecule has 0 bridgehead atoms. The Hall–Kier alpha value is -1.48. The van der Waals surface area contributed by atoms with Crippen LogP contribution in [0.25, 0.3) is 0 Å². The molecule has 136 valence electrons. The summed E-state index contributed by atoms with van der Waals surface area (Å²) in [7, 11) is -3.45. The summed E-state index contributed by atoms with van der Waals surface area (Å²) in [5.74, 6) is 0.955. The highest BCUT2D eigenvalue weighted by molar-refractivity contribution is 7.91. The first-order valence-electron chi connectivity index (χ1n) is 8.46. The number of thiophene rings is 1. The maximum atomic E-state index is 12.3. The quantitative estimate of drug-likeness (QED) is 0.831. The summed E-state index contributed by atoms with van der Waals surface area (Å²) in [5.41, 5.74) is 0.854. The summed E-state index contributed by atoms with van der Waals surface area (Å²) in [4.78, 5) is 10.2. The summed E-state index contributed by atoms with van der Waals surface area (Å²) in [6, 6.07) is 7.37. The van der Waals surface area contributed by atoms with Gasteiger partial charge in [-0.05, 0) is 37.2 Å². The van der Waals surface area contributed by atoms with E-state index in [-0.39, 0.29) is 6.54 Å². The SMILES string of the molecule is CCN1CCN(c2ccc(CNS(=O)(=O)c3ccc(C)s3)cn2)CC1. The molecule has 0 radical (unpaired) electrons. The number of anilines is 1. The average molecular weight is 381 g/mol. The van der Waals surface area contributed by atoms with Crippen LogP contribution in [0.15, 0.2) is 34.7 Å². The molecule has 3 heterocycles. The normalized spacial score (nSPS) is 16.3. The zero-order chi connectivity index (χ0) is 17.9. The maximum Gasteiger partial charge on any atom is 0.250 e. The molecule has 2 aromatic rings. The number of pyridine rings is 1. The molecule has 1 aliphatic heterocycles. The van der Waals surface area contributed by atoms with Gasteiger partial charge < -0.3 is 9.80 Å². The molecule has 0 aliphatic carbocycles. The Bertz CT molecular complexity index is 794. The molecule has 0 aromatic carbocycles. The number of hydrogen-bond donors (Lipinski definition) is 1. The van der Waals surface area contributed by atoms with E-state index in [0.29, 0.717) is 4.21 Å². The predicted octanol–water partition coefficient (Wildman–Crippen LogP) is 2.07. The van der Waals surface area contributed by atoms with Crippen molar-refractivity contribution in [2.45, 2.75) is 24.6 Å². The first kappa shape index (κ1) is 18.3. The lowest BCUT2D eigenvalue weighted by Crippen LogP contribution is -2.46. The van der Waals surface area contributed by atoms with E-state index in [0.717, 1.165) is 49.0 Å². The Morgan fingerprint density at radius 2 is 1.92 bits per heavy atom. The van der Waals surface area contributed by atoms with Crippen molar-refractivity contribution >= 4 is 27.2 Å². The largest absolute Gasteiger partial charge is 0.354 e. The Morgan fingerprint density at radius 1 is 1.16 bits per heavy atom. The topological polar surface area (TPSA) is 65.5 Å². The third-order valence-corrected chi connectivity index (χ3v) is 7.29. The Kier molecular flexibility index (Phi) is 5.73. The van der Waals surface area contributed by atoms with Gasteiger partial charge in [-0.3, -0.25) is 0 Å². The zero-order valence-corrected chi connectivity index (χ0v) is 16.2. The van der Waals surface area contributed by atoms with E-state index < -0.39 is 10.0 Å². The van der Waals surface area contributed by atoms with Crippen molar-refractivity contribution < 1.29 is 8.42 Å². The van der Waals surface area contributed by atoms with Crippen LogP contribution in [-0.2, 0) is 16.6 Å². The minimum Gasteiger partial charge on any atom is -0.354 e. The van der Waals surface area contributed by atoms with E-state index in [9.17, 15) is 8.42 Å². The van der Waals surface area contributed by atoms with E-state index >= 15 is 0 Å². The second-order valence-electron chi connectivity index (χ2n) is 6.14. The highest BCUT2D eigenvalue weighted by Crippen LogP contribution is 2.20. The molecule has 25 heavy (non-hydrogen) atoms. The van der Waals surface area contributed by atoms with Gasteiger partial charge in [0.1, 0.15) is 10.0 Å². The lowest BCUT2D eigenvalue weighted by atomic mass is 10.2. The molecular formula is C17H24N4O2S2. The van der Waals surface area contributed by atoms with Crippen LogP contribution in [0.1, 0.15) is 17.4 Å². The fraction of sp³-hybridized carbons (Fsp3) is 0.471. The van der Waals surface area contributed by atoms with Crippen LogP contribution in [0.4, 0.5) is 5.82 Å². The molecule has 1 saturated heterocycles. The summed E-state index contributed by atoms with van der Waals surface area (Å²) in [6.07, 6.45) is 1.75. The molecule has 8 heteroatoms. The number of nitrogens with one attached hydrogen (secondary N) is 1. The first-order chi connectivity index (χ1) is 12.0. The van der Waals surface area contributed by atoms with Gasteiger partial charge in [0.05, 0.1) is 0 Å². The molecule has 0 amide bonds. The minimum atomic E-state index is -3.45. The van der Waals surface area contributed by atoms with E-state index in [1.807, 2.05) is 25.1 Å². The number of aromatic nitrogens is 1. The van der Waals surface area contributed by atoms with Gasteiger partial charge >= 0.3 is 0 Å². The minimum absolute atomic E-state index is 0.246. The third kappa shape index (κ3) is 4.58. The number of aryl methyl sites for hydroxylation is 1. The van der Waals surface area contributed by atoms with Crippen molar-refractivity contribution in [1.29, 1.82) is 0 Å². The van der Waals surface area contributed by atoms with Crippen molar-refractivity contribution in [2.24, 2.45) is 0 Å². The number of sulfonamides is 1. The van der Waals surface area contributed by atoms with Gasteiger partial charge in [-0.15, -0.1) is 11.3 Å². The fourth-order valence-electron chi connectivity index (χ4n) is 2.81. The van der Waals surface area contributed by atoms with Gasteiger partial charge in [0.25, 0.3) is 0 Å². The summed E-state index contributed by atoms with van der Waals surface area (Å²) in [6.45, 7) is 9.48. The van der Waals surface area contributed by atoms with Crippen molar-refractivity contribution in [3.05, 3.63) is 40.9 Å². The second-order valence-corrected chi connectivity index (χ2v) is 9.42. The van der Waals surface area contributed by atoms with Crippen LogP contribution in [0, 0.1) is 6.92 Å². The summed E-state index contributed by atoms with van der Waals surface area (Å²) in [5, 5.41) is 0. The molecule has 0 spiro atoms. The van der Waals surface area contributed by atoms with Gasteiger partial charge in [0.2, 0.25) is 10.0 Å². The van der Waals surface area contributed by atoms with E-state index in [4.69, 9.17) is 0 Å². The molecule has 0 unspecified atom stereocenters. The van der Waals surface area contributed by atoms with Crippen molar-refractivity contribution in [2.75, 3.05) is 37.6 Å². The van der Waals surface area contributed by atoms with E-state index in [1.165, 1.54) is 11.3 Å². The molecule has 6 nitrogen and oxygen atoms in total. The van der Waals surface area contributed by atoms with Crippen LogP contribution in [0.2, 0.25) is 0 Å². The standard InChI is InChI=1S/C17H24N4O2S2/c1-3-20-8-10-21(11-9-20)16-6-5-15(12-18-16)13-19-25(22,23)17-7-4-14(2)24-17/h4-7,12,19H,3,8-11,13H2,1-2H3. The summed E-state index contributed by atoms with van der Waals surface area (Å²) < 4.78 is 27.5. The molecule has 3 rings (SSSR count). The third-order valence-electron chi connectivity index (χ3n) is 4.40. The Morgan fingerprint density at radius 3 is 2.48 bits per heavy atom. The molecular weight excluding hydrogens is 356 g/mol. The maximum absolute atomic E-state index is 12.3. The summed E-state index contributed by atoms with van der Waals surface area (Å²) >= 11 is 1.28. The van der Waals surface area contributed by atoms with Crippen molar-refractivity contribution in [3.63, 3.8) is 0 Å². The van der Waals surface area contributed by atoms with Crippen LogP contribution >= 0.6 is 11.3 Å². The van der Waals surface area contributed by atoms with Gasteiger partial charge in [0, 0.05) is 43.8 Å². The number of nitrogens with zero attached hydrogens (tertiary/aromatic N) is 3. The fourth-order valence-corrected chi connectivity index (χ4v) is 5.15. The Labute approximate surface area is 153 Å². The van der Waals surface area contributed by atoms with Crippen LogP contribution in [0.3, 0.4) is 0 Å². The number of piperazine rings is 1. The van der Waals surface area contributed by atoms with Crippen LogP contribution in [-0.4, -0.2) is 51.0 Å². The van der Waals surface area contributed by atoms with Crippen LogP contribution in [0.5, 0.6) is 0 Å². The second kappa shape index (κ2) is 7.82. The number of likely N-dealkylation sites (N-methyl/N-ethyl adjacent to an activating group) is 1. The van der Waals surface area contributed by atoms with Crippen LogP contribution < -0.4 is 9.62 Å². The van der Waals surface area contributed by atoms with E-state index in [2.05, 4.69) is 26.4 Å².